The standard InChI is InChI=1S/C11H8S2.6CH3.2Sn/c1-11(2)7-3-5-12-9(7)10-8(11)4-6-13-10;;;;;;;;/h3-4H,1-2H3;6*1H3;;. The Morgan fingerprint density at radius 2 is 1.05 bits per heavy atom. The molecular weight excluding hydrogens is 506 g/mol. The molecule has 0 aromatic carbocycles. The van der Waals surface area contributed by atoms with E-state index in [1.807, 2.05) is 0 Å². The first-order chi connectivity index (χ1) is 9.42. The maximum absolute atomic E-state index is 2.57. The van der Waals surface area contributed by atoms with E-state index < -0.39 is 36.8 Å². The Kier molecular flexibility index (Phi) is 4.01. The molecule has 114 valence electrons. The summed E-state index contributed by atoms with van der Waals surface area (Å²) < 4.78 is 3.48. The van der Waals surface area contributed by atoms with Crippen molar-refractivity contribution in [2.24, 2.45) is 0 Å². The van der Waals surface area contributed by atoms with Gasteiger partial charge in [0, 0.05) is 0 Å². The van der Waals surface area contributed by atoms with Crippen LogP contribution < -0.4 is 5.79 Å². The molecule has 0 unspecified atom stereocenters. The van der Waals surface area contributed by atoms with Crippen LogP contribution in [0, 0.1) is 0 Å². The predicted molar refractivity (Wildman–Crippen MR) is 106 cm³/mol. The number of fused-ring (bicyclic) bond motifs is 3. The zero-order valence-corrected chi connectivity index (χ0v) is 21.8. The molecule has 0 N–H and O–H groups in total. The van der Waals surface area contributed by atoms with Gasteiger partial charge in [-0.1, -0.05) is 0 Å². The van der Waals surface area contributed by atoms with Gasteiger partial charge in [-0.05, 0) is 0 Å². The molecule has 0 aliphatic heterocycles. The van der Waals surface area contributed by atoms with Gasteiger partial charge in [-0.15, -0.1) is 0 Å². The van der Waals surface area contributed by atoms with Gasteiger partial charge in [-0.3, -0.25) is 0 Å². The minimum absolute atomic E-state index is 0.225. The Morgan fingerprint density at radius 3 is 1.33 bits per heavy atom. The summed E-state index contributed by atoms with van der Waals surface area (Å²) in [5.41, 5.74) is 3.46. The molecule has 0 atom stereocenters. The molecule has 2 heterocycles. The first kappa shape index (κ1) is 16.8. The van der Waals surface area contributed by atoms with Crippen molar-refractivity contribution in [3.63, 3.8) is 0 Å². The van der Waals surface area contributed by atoms with Gasteiger partial charge in [-0.25, -0.2) is 0 Å². The molecule has 2 aromatic heterocycles. The van der Waals surface area contributed by atoms with Gasteiger partial charge >= 0.3 is 147 Å². The van der Waals surface area contributed by atoms with E-state index in [0.717, 1.165) is 0 Å². The third-order valence-corrected chi connectivity index (χ3v) is 25.8. The Morgan fingerprint density at radius 1 is 0.714 bits per heavy atom. The fourth-order valence-corrected chi connectivity index (χ4v) is 16.1. The van der Waals surface area contributed by atoms with Crippen LogP contribution in [0.2, 0.25) is 29.6 Å². The topological polar surface area (TPSA) is 0 Å². The zero-order valence-electron chi connectivity index (χ0n) is 14.5. The summed E-state index contributed by atoms with van der Waals surface area (Å²) in [5, 5.41) is 0. The van der Waals surface area contributed by atoms with Gasteiger partial charge < -0.3 is 0 Å². The average molecular weight is 532 g/mol. The van der Waals surface area contributed by atoms with E-state index in [1.54, 1.807) is 26.7 Å². The van der Waals surface area contributed by atoms with E-state index in [-0.39, 0.29) is 5.41 Å². The van der Waals surface area contributed by atoms with Gasteiger partial charge in [-0.2, -0.15) is 0 Å². The van der Waals surface area contributed by atoms with Crippen molar-refractivity contribution in [2.45, 2.75) is 48.9 Å². The molecule has 1 aliphatic carbocycles. The Bertz CT molecular complexity index is 646. The molecule has 0 nitrogen and oxygen atoms in total. The van der Waals surface area contributed by atoms with Crippen LogP contribution in [-0.4, -0.2) is 36.8 Å². The molecule has 0 amide bonds. The summed E-state index contributed by atoms with van der Waals surface area (Å²) in [7, 11) is 0. The Balaban J connectivity index is 2.21. The van der Waals surface area contributed by atoms with Crippen molar-refractivity contribution >= 4 is 65.2 Å². The normalized spacial score (nSPS) is 17.0. The van der Waals surface area contributed by atoms with Crippen molar-refractivity contribution in [3.8, 4) is 9.75 Å². The van der Waals surface area contributed by atoms with Gasteiger partial charge in [0.15, 0.2) is 0 Å². The van der Waals surface area contributed by atoms with E-state index in [9.17, 15) is 0 Å². The van der Waals surface area contributed by atoms with Crippen LogP contribution >= 0.6 is 22.7 Å². The van der Waals surface area contributed by atoms with Crippen LogP contribution in [0.15, 0.2) is 12.1 Å². The molecule has 0 fully saturated rings. The summed E-state index contributed by atoms with van der Waals surface area (Å²) in [6, 6.07) is 5.14. The van der Waals surface area contributed by atoms with Gasteiger partial charge in [0.05, 0.1) is 0 Å². The van der Waals surface area contributed by atoms with Crippen LogP contribution in [0.3, 0.4) is 0 Å². The van der Waals surface area contributed by atoms with Gasteiger partial charge in [0.25, 0.3) is 0 Å². The van der Waals surface area contributed by atoms with E-state index in [4.69, 9.17) is 0 Å². The second kappa shape index (κ2) is 5.00. The maximum atomic E-state index is 2.57. The van der Waals surface area contributed by atoms with E-state index in [2.05, 4.69) is 78.3 Å². The van der Waals surface area contributed by atoms with Crippen LogP contribution in [0.1, 0.15) is 25.0 Å². The summed E-state index contributed by atoms with van der Waals surface area (Å²) in [4.78, 5) is 18.4. The fourth-order valence-electron chi connectivity index (χ4n) is 2.93. The van der Waals surface area contributed by atoms with Crippen molar-refractivity contribution in [1.82, 2.24) is 0 Å². The van der Waals surface area contributed by atoms with Crippen LogP contribution in [0.25, 0.3) is 9.75 Å². The third-order valence-electron chi connectivity index (χ3n) is 4.50. The average Bonchev–Trinajstić information content (AvgIpc) is 2.94. The number of rotatable bonds is 2. The van der Waals surface area contributed by atoms with Gasteiger partial charge in [0.1, 0.15) is 0 Å². The monoisotopic (exact) mass is 534 g/mol. The molecule has 0 saturated heterocycles. The quantitative estimate of drug-likeness (QED) is 0.467. The van der Waals surface area contributed by atoms with E-state index in [0.29, 0.717) is 0 Å². The predicted octanol–water partition coefficient (Wildman–Crippen LogP) is 5.21. The van der Waals surface area contributed by atoms with Crippen molar-refractivity contribution in [3.05, 3.63) is 23.3 Å². The summed E-state index contributed by atoms with van der Waals surface area (Å²) in [6.45, 7) is 4.86. The molecule has 0 radical (unpaired) electrons. The third kappa shape index (κ3) is 2.70. The molecule has 0 spiro atoms. The minimum atomic E-state index is -1.95. The van der Waals surface area contributed by atoms with Crippen molar-refractivity contribution < 1.29 is 0 Å². The summed E-state index contributed by atoms with van der Waals surface area (Å²) in [6.07, 6.45) is 0. The molecule has 3 rings (SSSR count). The van der Waals surface area contributed by atoms with Crippen molar-refractivity contribution in [1.29, 1.82) is 0 Å². The second-order valence-corrected chi connectivity index (χ2v) is 41.8. The Hall–Kier alpha value is 0.997. The van der Waals surface area contributed by atoms with Crippen molar-refractivity contribution in [2.75, 3.05) is 0 Å². The van der Waals surface area contributed by atoms with E-state index in [1.165, 1.54) is 0 Å². The first-order valence-corrected chi connectivity index (χ1v) is 29.3. The van der Waals surface area contributed by atoms with E-state index >= 15 is 0 Å². The number of hydrogen-bond acceptors (Lipinski definition) is 2. The van der Waals surface area contributed by atoms with Crippen LogP contribution in [0.5, 0.6) is 0 Å². The van der Waals surface area contributed by atoms with Crippen LogP contribution in [0.4, 0.5) is 0 Å². The molecular formula is C17H26S2Sn2. The fraction of sp³-hybridized carbons (Fsp3) is 0.529. The summed E-state index contributed by atoms with van der Waals surface area (Å²) >= 11 is 0.346. The molecule has 21 heavy (non-hydrogen) atoms. The second-order valence-electron chi connectivity index (χ2n) is 8.83. The Labute approximate surface area is 145 Å². The zero-order chi connectivity index (χ0) is 15.8. The number of hydrogen-bond donors (Lipinski definition) is 0. The SMILES string of the molecule is CC1(C)c2c[c]([Sn]([CH3])([CH3])[CH3])sc2-c2s[c]([Sn]([CH3])([CH3])[CH3])cc21. The molecule has 0 bridgehead atoms. The molecule has 4 heteroatoms. The molecule has 1 aliphatic rings. The van der Waals surface area contributed by atoms with Crippen LogP contribution in [-0.2, 0) is 5.41 Å². The first-order valence-electron chi connectivity index (χ1n) is 7.72. The molecule has 0 saturated carbocycles. The van der Waals surface area contributed by atoms with Gasteiger partial charge in [0.2, 0.25) is 0 Å². The summed E-state index contributed by atoms with van der Waals surface area (Å²) in [5.74, 6) is 0. The number of thiophene rings is 2. The molecule has 2 aromatic rings.